The predicted molar refractivity (Wildman–Crippen MR) is 200 cm³/mol. The fraction of sp³-hybridized carbons (Fsp3) is 0.692. The lowest BCUT2D eigenvalue weighted by Gasteiger charge is -2.36. The first kappa shape index (κ1) is 40.1. The third kappa shape index (κ3) is 7.88. The number of para-hydroxylation sites is 2. The molecule has 14 nitrogen and oxygen atoms in total. The highest BCUT2D eigenvalue weighted by Gasteiger charge is 2.63. The van der Waals surface area contributed by atoms with Crippen LogP contribution in [-0.2, 0) is 35.1 Å². The van der Waals surface area contributed by atoms with E-state index in [4.69, 9.17) is 9.47 Å². The maximum atomic E-state index is 16.2. The van der Waals surface area contributed by atoms with Crippen LogP contribution in [0.5, 0.6) is 5.88 Å². The second-order valence-electron chi connectivity index (χ2n) is 17.3. The molecule has 1 aromatic carbocycles. The van der Waals surface area contributed by atoms with Crippen molar-refractivity contribution < 1.29 is 45.9 Å². The van der Waals surface area contributed by atoms with Gasteiger partial charge in [-0.15, -0.1) is 0 Å². The molecule has 2 bridgehead atoms. The molecule has 2 aromatic rings. The Balaban J connectivity index is 1.28. The zero-order chi connectivity index (χ0) is 40.4. The summed E-state index contributed by atoms with van der Waals surface area (Å²) in [5.41, 5.74) is -2.49. The van der Waals surface area contributed by atoms with Gasteiger partial charge >= 0.3 is 6.09 Å². The van der Waals surface area contributed by atoms with Crippen LogP contribution in [0.1, 0.15) is 105 Å². The maximum absolute atomic E-state index is 16.2. The summed E-state index contributed by atoms with van der Waals surface area (Å²) in [6, 6.07) is 4.10. The Kier molecular flexibility index (Phi) is 10.5. The van der Waals surface area contributed by atoms with Gasteiger partial charge in [-0.3, -0.25) is 19.1 Å². The second kappa shape index (κ2) is 14.7. The molecule has 0 unspecified atom stereocenters. The molecule has 4 amide bonds. The van der Waals surface area contributed by atoms with Gasteiger partial charge in [0.05, 0.1) is 22.8 Å². The van der Waals surface area contributed by atoms with Crippen LogP contribution in [0.3, 0.4) is 0 Å². The normalized spacial score (nSPS) is 32.1. The maximum Gasteiger partial charge on any atom is 0.408 e. The van der Waals surface area contributed by atoms with Gasteiger partial charge < -0.3 is 25.0 Å². The van der Waals surface area contributed by atoms with Gasteiger partial charge in [0.25, 0.3) is 11.8 Å². The van der Waals surface area contributed by atoms with Gasteiger partial charge in [-0.1, -0.05) is 59.6 Å². The summed E-state index contributed by atoms with van der Waals surface area (Å²) in [6.45, 7) is 8.61. The molecule has 56 heavy (non-hydrogen) atoms. The van der Waals surface area contributed by atoms with E-state index < -0.39 is 104 Å². The van der Waals surface area contributed by atoms with Gasteiger partial charge in [-0.2, -0.15) is 8.78 Å². The van der Waals surface area contributed by atoms with Crippen LogP contribution in [0, 0.1) is 23.2 Å². The van der Waals surface area contributed by atoms with Crippen molar-refractivity contribution in [3.05, 3.63) is 30.0 Å². The molecule has 8 atom stereocenters. The predicted octanol–water partition coefficient (Wildman–Crippen LogP) is 4.70. The number of ether oxygens (including phenoxy) is 2. The molecule has 3 aliphatic carbocycles. The molecular formula is C39H52F2N6O8S. The lowest BCUT2D eigenvalue weighted by Crippen LogP contribution is -2.61. The van der Waals surface area contributed by atoms with E-state index in [9.17, 15) is 27.6 Å². The second-order valence-corrected chi connectivity index (χ2v) is 19.3. The van der Waals surface area contributed by atoms with E-state index in [2.05, 4.69) is 25.3 Å². The van der Waals surface area contributed by atoms with Crippen molar-refractivity contribution in [1.82, 2.24) is 30.2 Å². The number of sulfonamides is 1. The average Bonchev–Trinajstić information content (AvgIpc) is 4.05. The first-order chi connectivity index (χ1) is 26.4. The molecular weight excluding hydrogens is 751 g/mol. The van der Waals surface area contributed by atoms with Gasteiger partial charge in [0.2, 0.25) is 27.7 Å². The van der Waals surface area contributed by atoms with Crippen LogP contribution in [-0.4, -0.2) is 88.7 Å². The van der Waals surface area contributed by atoms with Crippen molar-refractivity contribution in [3.63, 3.8) is 0 Å². The third-order valence-corrected chi connectivity index (χ3v) is 13.9. The summed E-state index contributed by atoms with van der Waals surface area (Å²) in [6.07, 6.45) is 0.758. The van der Waals surface area contributed by atoms with Gasteiger partial charge in [-0.25, -0.2) is 23.2 Å². The van der Waals surface area contributed by atoms with Crippen LogP contribution in [0.2, 0.25) is 0 Å². The summed E-state index contributed by atoms with van der Waals surface area (Å²) in [5.74, 6) is -7.24. The summed E-state index contributed by atoms with van der Waals surface area (Å²) in [5, 5.41) is 4.92. The van der Waals surface area contributed by atoms with E-state index in [1.54, 1.807) is 52.0 Å². The van der Waals surface area contributed by atoms with E-state index in [-0.39, 0.29) is 43.2 Å². The molecule has 4 fully saturated rings. The minimum atomic E-state index is -3.94. The van der Waals surface area contributed by atoms with Gasteiger partial charge in [-0.05, 0) is 74.3 Å². The number of fused-ring (bicyclic) bond motifs is 5. The molecule has 0 spiro atoms. The van der Waals surface area contributed by atoms with Crippen molar-refractivity contribution in [2.75, 3.05) is 6.54 Å². The van der Waals surface area contributed by atoms with E-state index in [0.29, 0.717) is 44.0 Å². The average molecular weight is 803 g/mol. The SMILES string of the molecule is CC[C@@H]1[C@@H]2CN(C(=O)[C@H](C(C)(C)C)NC(=O)O[C@@H]3C[C@H]3CCCCC(F)(F)c3nc4ccccc4nc3O2)[C@@H]1C(=O)N[C@]1(C(=O)NS(=O)(=O)C2CC2)C[C@H]1CC. The zero-order valence-corrected chi connectivity index (χ0v) is 33.3. The van der Waals surface area contributed by atoms with E-state index in [0.717, 1.165) is 0 Å². The number of halogens is 2. The highest BCUT2D eigenvalue weighted by molar-refractivity contribution is 7.91. The number of alkyl halides is 2. The monoisotopic (exact) mass is 802 g/mol. The summed E-state index contributed by atoms with van der Waals surface area (Å²) in [7, 11) is -3.94. The highest BCUT2D eigenvalue weighted by Crippen LogP contribution is 2.48. The first-order valence-electron chi connectivity index (χ1n) is 19.9. The van der Waals surface area contributed by atoms with E-state index in [1.807, 2.05) is 6.92 Å². The molecule has 1 saturated heterocycles. The Bertz CT molecular complexity index is 2010. The highest BCUT2D eigenvalue weighted by atomic mass is 32.2. The number of alkyl carbamates (subject to hydrolysis) is 1. The van der Waals surface area contributed by atoms with Gasteiger partial charge in [0, 0.05) is 12.3 Å². The molecule has 306 valence electrons. The topological polar surface area (TPSA) is 186 Å². The number of amides is 4. The number of nitrogens with one attached hydrogen (secondary N) is 3. The Morgan fingerprint density at radius 1 is 1.00 bits per heavy atom. The number of benzene rings is 1. The first-order valence-corrected chi connectivity index (χ1v) is 21.4. The fourth-order valence-corrected chi connectivity index (χ4v) is 9.79. The minimum absolute atomic E-state index is 0.00674. The lowest BCUT2D eigenvalue weighted by molar-refractivity contribution is -0.143. The molecule has 0 radical (unpaired) electrons. The number of carbonyl (C=O) groups excluding carboxylic acids is 4. The fourth-order valence-electron chi connectivity index (χ4n) is 8.43. The smallest absolute Gasteiger partial charge is 0.408 e. The molecule has 3 heterocycles. The van der Waals surface area contributed by atoms with Crippen LogP contribution >= 0.6 is 0 Å². The lowest BCUT2D eigenvalue weighted by atomic mass is 9.85. The van der Waals surface area contributed by atoms with Crippen molar-refractivity contribution in [2.24, 2.45) is 23.2 Å². The molecule has 3 saturated carbocycles. The molecule has 2 aliphatic heterocycles. The van der Waals surface area contributed by atoms with E-state index >= 15 is 8.78 Å². The molecule has 1 aromatic heterocycles. The van der Waals surface area contributed by atoms with Crippen molar-refractivity contribution in [2.45, 2.75) is 140 Å². The number of carbonyl (C=O) groups is 4. The van der Waals surface area contributed by atoms with E-state index in [1.165, 1.54) is 4.90 Å². The molecule has 3 N–H and O–H groups in total. The quantitative estimate of drug-likeness (QED) is 0.355. The molecule has 5 aliphatic rings. The number of hydrogen-bond donors (Lipinski definition) is 3. The summed E-state index contributed by atoms with van der Waals surface area (Å²) >= 11 is 0. The van der Waals surface area contributed by atoms with Crippen molar-refractivity contribution in [3.8, 4) is 5.88 Å². The standard InChI is InChI=1S/C39H52F2N6O8S/c1-6-22-19-38(22,35(50)46-56(52,53)23-15-16-23)45-32(48)29-24(7-2)28-20-47(29)34(49)31(37(3,4)5)44-36(51)55-27-18-21(27)12-10-11-17-39(40,41)30-33(54-28)43-26-14-9-8-13-25(26)42-30/h8-9,13-14,21-24,27-29,31H,6-7,10-12,15-20H2,1-5H3,(H,44,51)(H,45,48)(H,46,50)/t21-,22-,24-,27-,28+,29+,31-,38-/m1/s1. The minimum Gasteiger partial charge on any atom is -0.471 e. The Morgan fingerprint density at radius 2 is 1.70 bits per heavy atom. The third-order valence-electron chi connectivity index (χ3n) is 12.1. The number of hydrogen-bond acceptors (Lipinski definition) is 10. The van der Waals surface area contributed by atoms with Gasteiger partial charge in [0.1, 0.15) is 29.8 Å². The summed E-state index contributed by atoms with van der Waals surface area (Å²) < 4.78 is 72.4. The van der Waals surface area contributed by atoms with Crippen LogP contribution < -0.4 is 20.1 Å². The van der Waals surface area contributed by atoms with Crippen LogP contribution in [0.25, 0.3) is 11.0 Å². The molecule has 17 heteroatoms. The van der Waals surface area contributed by atoms with Crippen LogP contribution in [0.15, 0.2) is 24.3 Å². The number of nitrogens with zero attached hydrogens (tertiary/aromatic N) is 3. The Labute approximate surface area is 325 Å². The van der Waals surface area contributed by atoms with Gasteiger partial charge in [0.15, 0.2) is 5.69 Å². The van der Waals surface area contributed by atoms with Crippen molar-refractivity contribution in [1.29, 1.82) is 0 Å². The summed E-state index contributed by atoms with van der Waals surface area (Å²) in [4.78, 5) is 66.6. The zero-order valence-electron chi connectivity index (χ0n) is 32.5. The molecule has 7 rings (SSSR count). The Hall–Kier alpha value is -4.15. The number of aromatic nitrogens is 2. The number of rotatable bonds is 7. The van der Waals surface area contributed by atoms with Crippen LogP contribution in [0.4, 0.5) is 13.6 Å². The Morgan fingerprint density at radius 3 is 2.32 bits per heavy atom. The largest absolute Gasteiger partial charge is 0.471 e. The van der Waals surface area contributed by atoms with Crippen molar-refractivity contribution >= 4 is 44.9 Å².